The van der Waals surface area contributed by atoms with E-state index in [9.17, 15) is 4.79 Å². The molecule has 4 aromatic rings. The van der Waals surface area contributed by atoms with Gasteiger partial charge in [0.2, 0.25) is 17.5 Å². The van der Waals surface area contributed by atoms with Crippen molar-refractivity contribution in [3.63, 3.8) is 0 Å². The molecular weight excluding hydrogens is 384 g/mol. The molecule has 4 heterocycles. The van der Waals surface area contributed by atoms with Crippen LogP contribution in [0.4, 0.5) is 0 Å². The van der Waals surface area contributed by atoms with E-state index in [1.165, 1.54) is 4.80 Å². The first-order valence-corrected chi connectivity index (χ1v) is 9.59. The minimum Gasteiger partial charge on any atom is -0.337 e. The normalized spacial score (nSPS) is 16.2. The van der Waals surface area contributed by atoms with Gasteiger partial charge in [-0.05, 0) is 42.3 Å². The van der Waals surface area contributed by atoms with Crippen LogP contribution < -0.4 is 0 Å². The van der Waals surface area contributed by atoms with Gasteiger partial charge in [0.05, 0.1) is 7.05 Å². The van der Waals surface area contributed by atoms with Crippen LogP contribution in [0, 0.1) is 0 Å². The first kappa shape index (κ1) is 18.1. The minimum atomic E-state index is -0.246. The Hall–Kier alpha value is -3.95. The van der Waals surface area contributed by atoms with E-state index < -0.39 is 0 Å². The van der Waals surface area contributed by atoms with Gasteiger partial charge in [-0.1, -0.05) is 23.4 Å². The Kier molecular flexibility index (Phi) is 4.51. The lowest BCUT2D eigenvalue weighted by molar-refractivity contribution is 0.0710. The molecular formula is C20H18N8O2. The number of aryl methyl sites for hydroxylation is 1. The van der Waals surface area contributed by atoms with Gasteiger partial charge in [0.25, 0.3) is 5.91 Å². The Morgan fingerprint density at radius 2 is 2.00 bits per heavy atom. The van der Waals surface area contributed by atoms with Crippen LogP contribution in [-0.2, 0) is 7.05 Å². The van der Waals surface area contributed by atoms with Gasteiger partial charge in [-0.25, -0.2) is 0 Å². The predicted octanol–water partition coefficient (Wildman–Crippen LogP) is 2.30. The Morgan fingerprint density at radius 1 is 1.13 bits per heavy atom. The molecule has 5 rings (SSSR count). The van der Waals surface area contributed by atoms with E-state index in [1.54, 1.807) is 30.3 Å². The fourth-order valence-electron chi connectivity index (χ4n) is 3.56. The van der Waals surface area contributed by atoms with Crippen molar-refractivity contribution in [2.75, 3.05) is 6.54 Å². The van der Waals surface area contributed by atoms with Crippen LogP contribution in [0.3, 0.4) is 0 Å². The fourth-order valence-corrected chi connectivity index (χ4v) is 3.56. The van der Waals surface area contributed by atoms with Crippen LogP contribution in [-0.4, -0.2) is 52.7 Å². The first-order chi connectivity index (χ1) is 14.7. The summed E-state index contributed by atoms with van der Waals surface area (Å²) in [5.74, 6) is 1.30. The molecule has 0 N–H and O–H groups in total. The van der Waals surface area contributed by atoms with E-state index in [2.05, 4.69) is 30.5 Å². The molecule has 150 valence electrons. The summed E-state index contributed by atoms with van der Waals surface area (Å²) in [6.45, 7) is 0.637. The highest BCUT2D eigenvalue weighted by Gasteiger charge is 2.34. The largest absolute Gasteiger partial charge is 0.337 e. The fraction of sp³-hybridized carbons (Fsp3) is 0.250. The molecule has 30 heavy (non-hydrogen) atoms. The number of carbonyl (C=O) groups excluding carboxylic acids is 1. The second-order valence-electron chi connectivity index (χ2n) is 7.01. The number of aromatic nitrogens is 7. The van der Waals surface area contributed by atoms with Gasteiger partial charge in [0.15, 0.2) is 0 Å². The average molecular weight is 402 g/mol. The summed E-state index contributed by atoms with van der Waals surface area (Å²) in [4.78, 5) is 25.0. The SMILES string of the molecule is Cn1nnc(-c2ccc(C(=O)N3CCC[C@H]3c3nc(-c4ccccn4)no3)cc2)n1. The predicted molar refractivity (Wildman–Crippen MR) is 105 cm³/mol. The summed E-state index contributed by atoms with van der Waals surface area (Å²) in [5.41, 5.74) is 2.02. The first-order valence-electron chi connectivity index (χ1n) is 9.59. The highest BCUT2D eigenvalue weighted by molar-refractivity contribution is 5.95. The number of hydrogen-bond donors (Lipinski definition) is 0. The Morgan fingerprint density at radius 3 is 2.73 bits per heavy atom. The number of rotatable bonds is 4. The number of tetrazole rings is 1. The molecule has 0 spiro atoms. The molecule has 0 aliphatic carbocycles. The molecule has 0 radical (unpaired) electrons. The zero-order chi connectivity index (χ0) is 20.5. The summed E-state index contributed by atoms with van der Waals surface area (Å²) in [6, 6.07) is 12.5. The average Bonchev–Trinajstić information content (AvgIpc) is 3.54. The van der Waals surface area contributed by atoms with Crippen LogP contribution in [0.15, 0.2) is 53.2 Å². The number of amides is 1. The quantitative estimate of drug-likeness (QED) is 0.511. The van der Waals surface area contributed by atoms with Gasteiger partial charge < -0.3 is 9.42 Å². The number of carbonyl (C=O) groups is 1. The summed E-state index contributed by atoms with van der Waals surface area (Å²) in [7, 11) is 1.71. The maximum atomic E-state index is 13.1. The molecule has 1 aliphatic heterocycles. The van der Waals surface area contributed by atoms with Gasteiger partial charge in [-0.15, -0.1) is 10.2 Å². The topological polar surface area (TPSA) is 116 Å². The van der Waals surface area contributed by atoms with E-state index >= 15 is 0 Å². The monoisotopic (exact) mass is 402 g/mol. The molecule has 1 fully saturated rings. The zero-order valence-corrected chi connectivity index (χ0v) is 16.2. The summed E-state index contributed by atoms with van der Waals surface area (Å²) < 4.78 is 5.48. The second kappa shape index (κ2) is 7.47. The third kappa shape index (κ3) is 3.32. The van der Waals surface area contributed by atoms with Crippen molar-refractivity contribution < 1.29 is 9.32 Å². The molecule has 1 amide bonds. The highest BCUT2D eigenvalue weighted by Crippen LogP contribution is 2.33. The smallest absolute Gasteiger partial charge is 0.254 e. The van der Waals surface area contributed by atoms with Crippen LogP contribution in [0.5, 0.6) is 0 Å². The third-order valence-corrected chi connectivity index (χ3v) is 5.03. The van der Waals surface area contributed by atoms with Gasteiger partial charge in [0, 0.05) is 23.9 Å². The molecule has 10 nitrogen and oxygen atoms in total. The zero-order valence-electron chi connectivity index (χ0n) is 16.2. The molecule has 3 aromatic heterocycles. The van der Waals surface area contributed by atoms with Crippen LogP contribution in [0.1, 0.15) is 35.1 Å². The lowest BCUT2D eigenvalue weighted by atomic mass is 10.1. The van der Waals surface area contributed by atoms with E-state index in [0.29, 0.717) is 35.3 Å². The van der Waals surface area contributed by atoms with Crippen molar-refractivity contribution in [2.45, 2.75) is 18.9 Å². The minimum absolute atomic E-state index is 0.0752. The second-order valence-corrected chi connectivity index (χ2v) is 7.01. The Labute approximate surface area is 171 Å². The van der Waals surface area contributed by atoms with Crippen molar-refractivity contribution in [1.29, 1.82) is 0 Å². The number of likely N-dealkylation sites (tertiary alicyclic amines) is 1. The van der Waals surface area contributed by atoms with Crippen LogP contribution >= 0.6 is 0 Å². The van der Waals surface area contributed by atoms with Crippen molar-refractivity contribution in [3.05, 3.63) is 60.1 Å². The van der Waals surface area contributed by atoms with Crippen molar-refractivity contribution in [3.8, 4) is 22.9 Å². The van der Waals surface area contributed by atoms with Gasteiger partial charge >= 0.3 is 0 Å². The lowest BCUT2D eigenvalue weighted by Gasteiger charge is -2.22. The summed E-state index contributed by atoms with van der Waals surface area (Å²) in [6.07, 6.45) is 3.33. The van der Waals surface area contributed by atoms with E-state index in [-0.39, 0.29) is 11.9 Å². The molecule has 1 atom stereocenters. The van der Waals surface area contributed by atoms with E-state index in [1.807, 2.05) is 30.3 Å². The van der Waals surface area contributed by atoms with Crippen molar-refractivity contribution in [1.82, 2.24) is 40.2 Å². The molecule has 10 heteroatoms. The van der Waals surface area contributed by atoms with E-state index in [4.69, 9.17) is 4.52 Å². The molecule has 1 aliphatic rings. The standard InChI is InChI=1S/C20H18N8O2/c1-27-24-17(23-26-27)13-7-9-14(10-8-13)20(29)28-12-4-6-16(28)19-22-18(25-30-19)15-5-2-3-11-21-15/h2-3,5,7-11,16H,4,6,12H2,1H3/t16-/m0/s1. The third-order valence-electron chi connectivity index (χ3n) is 5.03. The van der Waals surface area contributed by atoms with Gasteiger partial charge in [-0.3, -0.25) is 9.78 Å². The van der Waals surface area contributed by atoms with Crippen molar-refractivity contribution >= 4 is 5.91 Å². The number of benzene rings is 1. The van der Waals surface area contributed by atoms with Gasteiger partial charge in [-0.2, -0.15) is 9.78 Å². The Bertz CT molecular complexity index is 1170. The van der Waals surface area contributed by atoms with Crippen molar-refractivity contribution in [2.24, 2.45) is 7.05 Å². The van der Waals surface area contributed by atoms with E-state index in [0.717, 1.165) is 18.4 Å². The molecule has 0 saturated carbocycles. The maximum Gasteiger partial charge on any atom is 0.254 e. The summed E-state index contributed by atoms with van der Waals surface area (Å²) in [5, 5.41) is 16.0. The molecule has 1 saturated heterocycles. The molecule has 0 unspecified atom stereocenters. The maximum absolute atomic E-state index is 13.1. The lowest BCUT2D eigenvalue weighted by Crippen LogP contribution is -2.30. The highest BCUT2D eigenvalue weighted by atomic mass is 16.5. The van der Waals surface area contributed by atoms with Crippen LogP contribution in [0.2, 0.25) is 0 Å². The Balaban J connectivity index is 1.36. The molecule has 1 aromatic carbocycles. The van der Waals surface area contributed by atoms with Crippen LogP contribution in [0.25, 0.3) is 22.9 Å². The number of hydrogen-bond acceptors (Lipinski definition) is 8. The number of pyridine rings is 1. The number of nitrogens with zero attached hydrogens (tertiary/aromatic N) is 8. The summed E-state index contributed by atoms with van der Waals surface area (Å²) >= 11 is 0. The molecule has 0 bridgehead atoms. The van der Waals surface area contributed by atoms with Gasteiger partial charge in [0.1, 0.15) is 11.7 Å².